The van der Waals surface area contributed by atoms with E-state index in [1.807, 2.05) is 0 Å². The summed E-state index contributed by atoms with van der Waals surface area (Å²) in [4.78, 5) is 29.4. The number of rotatable bonds is 1. The molecule has 5 heteroatoms. The predicted octanol–water partition coefficient (Wildman–Crippen LogP) is 0.789. The van der Waals surface area contributed by atoms with Gasteiger partial charge in [0.2, 0.25) is 0 Å². The first kappa shape index (κ1) is 13.9. The van der Waals surface area contributed by atoms with E-state index in [9.17, 15) is 14.4 Å². The van der Waals surface area contributed by atoms with Gasteiger partial charge in [-0.2, -0.15) is 0 Å². The zero-order valence-electron chi connectivity index (χ0n) is 7.83. The van der Waals surface area contributed by atoms with Crippen molar-refractivity contribution in [2.24, 2.45) is 0 Å². The van der Waals surface area contributed by atoms with Gasteiger partial charge >= 0.3 is 17.9 Å². The fraction of sp³-hybridized carbons (Fsp3) is 0.375. The van der Waals surface area contributed by atoms with Gasteiger partial charge in [-0.3, -0.25) is 14.4 Å². The Labute approximate surface area is 76.3 Å². The second-order valence-electron chi connectivity index (χ2n) is 1.86. The van der Waals surface area contributed by atoms with E-state index in [0.717, 1.165) is 6.26 Å². The number of ether oxygens (including phenoxy) is 2. The van der Waals surface area contributed by atoms with Crippen LogP contribution >= 0.6 is 0 Å². The third kappa shape index (κ3) is 25.2. The molecule has 0 aromatic carbocycles. The molecule has 0 fully saturated rings. The first-order valence-electron chi connectivity index (χ1n) is 3.37. The fourth-order valence-electron chi connectivity index (χ4n) is 0.320. The molecule has 0 radical (unpaired) electrons. The van der Waals surface area contributed by atoms with E-state index in [4.69, 9.17) is 0 Å². The molecule has 0 aliphatic rings. The lowest BCUT2D eigenvalue weighted by atomic mass is 10.7. The lowest BCUT2D eigenvalue weighted by molar-refractivity contribution is -0.156. The zero-order chi connectivity index (χ0) is 10.9. The van der Waals surface area contributed by atoms with Crippen molar-refractivity contribution in [3.63, 3.8) is 0 Å². The summed E-state index contributed by atoms with van der Waals surface area (Å²) in [6.45, 7) is 6.84. The van der Waals surface area contributed by atoms with Crippen molar-refractivity contribution in [2.45, 2.75) is 20.8 Å². The summed E-state index contributed by atoms with van der Waals surface area (Å²) in [5, 5.41) is 0. The van der Waals surface area contributed by atoms with Crippen LogP contribution < -0.4 is 0 Å². The fourth-order valence-corrected chi connectivity index (χ4v) is 0.320. The molecule has 74 valence electrons. The Morgan fingerprint density at radius 3 is 1.38 bits per heavy atom. The van der Waals surface area contributed by atoms with Gasteiger partial charge in [-0.05, 0) is 0 Å². The van der Waals surface area contributed by atoms with Crippen LogP contribution in [0.25, 0.3) is 0 Å². The van der Waals surface area contributed by atoms with Crippen LogP contribution in [-0.2, 0) is 23.9 Å². The van der Waals surface area contributed by atoms with Crippen molar-refractivity contribution >= 4 is 17.9 Å². The summed E-state index contributed by atoms with van der Waals surface area (Å²) >= 11 is 0. The molecule has 0 spiro atoms. The highest BCUT2D eigenvalue weighted by Gasteiger charge is 1.93. The number of hydrogen-bond acceptors (Lipinski definition) is 5. The molecule has 0 heterocycles. The lowest BCUT2D eigenvalue weighted by Crippen LogP contribution is -2.03. The van der Waals surface area contributed by atoms with Crippen LogP contribution in [-0.4, -0.2) is 17.9 Å². The maximum absolute atomic E-state index is 9.81. The van der Waals surface area contributed by atoms with E-state index in [1.54, 1.807) is 0 Å². The summed E-state index contributed by atoms with van der Waals surface area (Å²) in [6, 6.07) is 0. The van der Waals surface area contributed by atoms with Crippen molar-refractivity contribution in [1.29, 1.82) is 0 Å². The van der Waals surface area contributed by atoms with Gasteiger partial charge in [-0.25, -0.2) is 0 Å². The van der Waals surface area contributed by atoms with Crippen molar-refractivity contribution in [1.82, 2.24) is 0 Å². The van der Waals surface area contributed by atoms with Crippen LogP contribution in [0, 0.1) is 0 Å². The molecule has 0 N–H and O–H groups in total. The minimum Gasteiger partial charge on any atom is -0.435 e. The normalized spacial score (nSPS) is 7.31. The Morgan fingerprint density at radius 1 is 1.00 bits per heavy atom. The van der Waals surface area contributed by atoms with Crippen LogP contribution in [0.5, 0.6) is 0 Å². The molecule has 0 aliphatic carbocycles. The minimum atomic E-state index is -0.562. The van der Waals surface area contributed by atoms with Gasteiger partial charge in [0.1, 0.15) is 0 Å². The minimum absolute atomic E-state index is 0.329. The summed E-state index contributed by atoms with van der Waals surface area (Å²) in [7, 11) is 0. The number of carbonyl (C=O) groups excluding carboxylic acids is 3. The van der Waals surface area contributed by atoms with E-state index in [0.29, 0.717) is 0 Å². The van der Waals surface area contributed by atoms with Crippen molar-refractivity contribution < 1.29 is 23.9 Å². The van der Waals surface area contributed by atoms with Crippen molar-refractivity contribution in [3.05, 3.63) is 12.8 Å². The molecule has 0 saturated heterocycles. The maximum atomic E-state index is 9.81. The van der Waals surface area contributed by atoms with E-state index in [2.05, 4.69) is 16.1 Å². The molecule has 0 bridgehead atoms. The average Bonchev–Trinajstić information content (AvgIpc) is 1.83. The molecule has 0 aromatic rings. The molecule has 0 amide bonds. The van der Waals surface area contributed by atoms with Crippen LogP contribution in [0.4, 0.5) is 0 Å². The Morgan fingerprint density at radius 2 is 1.38 bits per heavy atom. The molecule has 5 nitrogen and oxygen atoms in total. The van der Waals surface area contributed by atoms with Gasteiger partial charge in [0.25, 0.3) is 0 Å². The molecular formula is C8H12O5. The van der Waals surface area contributed by atoms with Crippen molar-refractivity contribution in [2.75, 3.05) is 0 Å². The zero-order valence-corrected chi connectivity index (χ0v) is 7.83. The third-order valence-electron chi connectivity index (χ3n) is 0.537. The van der Waals surface area contributed by atoms with Gasteiger partial charge in [0.05, 0.1) is 6.26 Å². The molecule has 13 heavy (non-hydrogen) atoms. The number of hydrogen-bond donors (Lipinski definition) is 0. The molecule has 0 atom stereocenters. The SMILES string of the molecule is C=COC(C)=O.CC(=O)OC(C)=O. The highest BCUT2D eigenvalue weighted by Crippen LogP contribution is 1.73. The largest absolute Gasteiger partial charge is 0.435 e. The van der Waals surface area contributed by atoms with Gasteiger partial charge in [0, 0.05) is 20.8 Å². The van der Waals surface area contributed by atoms with Crippen LogP contribution in [0.2, 0.25) is 0 Å². The van der Waals surface area contributed by atoms with E-state index in [1.165, 1.54) is 20.8 Å². The highest BCUT2D eigenvalue weighted by molar-refractivity contribution is 5.82. The molecular weight excluding hydrogens is 176 g/mol. The molecule has 0 aliphatic heterocycles. The summed E-state index contributed by atoms with van der Waals surface area (Å²) in [5.74, 6) is -1.45. The smallest absolute Gasteiger partial charge is 0.310 e. The molecule has 0 unspecified atom stereocenters. The standard InChI is InChI=1S/C4H6O3.C4H6O2/c1-3(5)7-4(2)6;1-3-6-4(2)5/h1-2H3;3H,1H2,2H3. The van der Waals surface area contributed by atoms with Gasteiger partial charge in [-0.1, -0.05) is 6.58 Å². The first-order chi connectivity index (χ1) is 5.90. The Bertz CT molecular complexity index is 195. The van der Waals surface area contributed by atoms with E-state index >= 15 is 0 Å². The van der Waals surface area contributed by atoms with Crippen molar-refractivity contribution in [3.8, 4) is 0 Å². The first-order valence-corrected chi connectivity index (χ1v) is 3.37. The summed E-state index contributed by atoms with van der Waals surface area (Å²) in [6.07, 6.45) is 1.10. The topological polar surface area (TPSA) is 69.7 Å². The van der Waals surface area contributed by atoms with E-state index in [-0.39, 0.29) is 5.97 Å². The number of carbonyl (C=O) groups is 3. The Balaban J connectivity index is 0. The number of esters is 3. The second-order valence-corrected chi connectivity index (χ2v) is 1.86. The van der Waals surface area contributed by atoms with Gasteiger partial charge < -0.3 is 9.47 Å². The van der Waals surface area contributed by atoms with Crippen LogP contribution in [0.15, 0.2) is 12.8 Å². The monoisotopic (exact) mass is 188 g/mol. The van der Waals surface area contributed by atoms with Gasteiger partial charge in [0.15, 0.2) is 0 Å². The van der Waals surface area contributed by atoms with Crippen LogP contribution in [0.3, 0.4) is 0 Å². The lowest BCUT2D eigenvalue weighted by Gasteiger charge is -1.87. The van der Waals surface area contributed by atoms with Crippen LogP contribution in [0.1, 0.15) is 20.8 Å². The van der Waals surface area contributed by atoms with E-state index < -0.39 is 11.9 Å². The quantitative estimate of drug-likeness (QED) is 0.345. The average molecular weight is 188 g/mol. The molecule has 0 rings (SSSR count). The second kappa shape index (κ2) is 8.45. The van der Waals surface area contributed by atoms with Gasteiger partial charge in [-0.15, -0.1) is 0 Å². The summed E-state index contributed by atoms with van der Waals surface area (Å²) in [5.41, 5.74) is 0. The maximum Gasteiger partial charge on any atom is 0.310 e. The predicted molar refractivity (Wildman–Crippen MR) is 44.4 cm³/mol. The Hall–Kier alpha value is -1.65. The summed E-state index contributed by atoms with van der Waals surface area (Å²) < 4.78 is 8.14. The molecule has 0 saturated carbocycles. The Kier molecular flexibility index (Phi) is 9.04. The third-order valence-corrected chi connectivity index (χ3v) is 0.537. The molecule has 0 aromatic heterocycles. The highest BCUT2D eigenvalue weighted by atomic mass is 16.6.